The van der Waals surface area contributed by atoms with Crippen molar-refractivity contribution in [3.05, 3.63) is 24.3 Å². The summed E-state index contributed by atoms with van der Waals surface area (Å²) in [5.41, 5.74) is 7.13. The molecular weight excluding hydrogens is 208 g/mol. The Hall–Kier alpha value is -1.75. The molecular formula is C11H16N2O3. The molecule has 0 aromatic heterocycles. The van der Waals surface area contributed by atoms with Gasteiger partial charge in [0.15, 0.2) is 0 Å². The number of hydrogen-bond acceptors (Lipinski definition) is 4. The predicted octanol–water partition coefficient (Wildman–Crippen LogP) is 0.542. The Kier molecular flexibility index (Phi) is 4.60. The van der Waals surface area contributed by atoms with Crippen LogP contribution in [0.15, 0.2) is 24.3 Å². The van der Waals surface area contributed by atoms with Crippen molar-refractivity contribution in [3.8, 4) is 0 Å². The van der Waals surface area contributed by atoms with Gasteiger partial charge in [0, 0.05) is 13.1 Å². The molecule has 1 aromatic rings. The number of nitrogen functional groups attached to an aromatic ring is 1. The Morgan fingerprint density at radius 3 is 2.56 bits per heavy atom. The first-order valence-corrected chi connectivity index (χ1v) is 5.07. The molecule has 4 N–H and O–H groups in total. The number of hydrogen-bond donors (Lipinski definition) is 3. The van der Waals surface area contributed by atoms with Crippen LogP contribution in [0, 0.1) is 0 Å². The molecule has 0 heterocycles. The average molecular weight is 224 g/mol. The lowest BCUT2D eigenvalue weighted by Gasteiger charge is -2.24. The first-order chi connectivity index (χ1) is 7.65. The first kappa shape index (κ1) is 12.3. The molecule has 0 bridgehead atoms. The van der Waals surface area contributed by atoms with Crippen LogP contribution in [-0.4, -0.2) is 35.9 Å². The molecule has 5 nitrogen and oxygen atoms in total. The Balaban J connectivity index is 2.76. The molecule has 0 radical (unpaired) electrons. The predicted molar refractivity (Wildman–Crippen MR) is 62.4 cm³/mol. The van der Waals surface area contributed by atoms with Gasteiger partial charge in [-0.15, -0.1) is 0 Å². The number of carboxylic acid groups (broad SMARTS) is 1. The number of rotatable bonds is 6. The number of carboxylic acids is 1. The lowest BCUT2D eigenvalue weighted by atomic mass is 10.2. The quantitative estimate of drug-likeness (QED) is 0.614. The minimum absolute atomic E-state index is 0.0222. The highest BCUT2D eigenvalue weighted by Crippen LogP contribution is 2.22. The summed E-state index contributed by atoms with van der Waals surface area (Å²) in [4.78, 5) is 12.3. The van der Waals surface area contributed by atoms with E-state index in [1.54, 1.807) is 11.0 Å². The summed E-state index contributed by atoms with van der Waals surface area (Å²) in [6.45, 7) is 0.680. The van der Waals surface area contributed by atoms with E-state index in [9.17, 15) is 4.79 Å². The average Bonchev–Trinajstić information content (AvgIpc) is 2.25. The lowest BCUT2D eigenvalue weighted by Crippen LogP contribution is -2.29. The van der Waals surface area contributed by atoms with Crippen LogP contribution < -0.4 is 10.6 Å². The summed E-state index contributed by atoms with van der Waals surface area (Å²) in [5, 5.41) is 17.6. The van der Waals surface area contributed by atoms with E-state index in [1.807, 2.05) is 18.2 Å². The van der Waals surface area contributed by atoms with Crippen LogP contribution in [0.2, 0.25) is 0 Å². The fourth-order valence-corrected chi connectivity index (χ4v) is 1.48. The minimum atomic E-state index is -0.863. The normalized spacial score (nSPS) is 10.1. The highest BCUT2D eigenvalue weighted by Gasteiger charge is 2.10. The van der Waals surface area contributed by atoms with Crippen LogP contribution in [0.4, 0.5) is 11.4 Å². The van der Waals surface area contributed by atoms with Crippen molar-refractivity contribution in [1.82, 2.24) is 0 Å². The molecule has 1 rings (SSSR count). The molecule has 0 saturated carbocycles. The Bertz CT molecular complexity index is 355. The van der Waals surface area contributed by atoms with Crippen molar-refractivity contribution in [2.24, 2.45) is 0 Å². The number of nitrogens with two attached hydrogens (primary N) is 1. The molecule has 16 heavy (non-hydrogen) atoms. The van der Waals surface area contributed by atoms with Gasteiger partial charge in [0.25, 0.3) is 0 Å². The molecule has 0 saturated heterocycles. The summed E-state index contributed by atoms with van der Waals surface area (Å²) in [6, 6.07) is 7.21. The van der Waals surface area contributed by atoms with E-state index in [0.29, 0.717) is 18.8 Å². The molecule has 0 amide bonds. The third-order valence-corrected chi connectivity index (χ3v) is 2.24. The van der Waals surface area contributed by atoms with E-state index < -0.39 is 5.97 Å². The van der Waals surface area contributed by atoms with E-state index in [2.05, 4.69) is 0 Å². The van der Waals surface area contributed by atoms with E-state index in [4.69, 9.17) is 15.9 Å². The number of aliphatic hydroxyl groups is 1. The number of anilines is 2. The monoisotopic (exact) mass is 224 g/mol. The van der Waals surface area contributed by atoms with Crippen LogP contribution in [0.25, 0.3) is 0 Å². The van der Waals surface area contributed by atoms with Gasteiger partial charge in [0.2, 0.25) is 0 Å². The summed E-state index contributed by atoms with van der Waals surface area (Å²) in [7, 11) is 0. The van der Waals surface area contributed by atoms with Crippen molar-refractivity contribution < 1.29 is 15.0 Å². The molecule has 5 heteroatoms. The Labute approximate surface area is 94.1 Å². The third-order valence-electron chi connectivity index (χ3n) is 2.24. The van der Waals surface area contributed by atoms with Gasteiger partial charge in [-0.05, 0) is 12.1 Å². The van der Waals surface area contributed by atoms with Crippen LogP contribution in [0.5, 0.6) is 0 Å². The number of carbonyl (C=O) groups is 1. The summed E-state index contributed by atoms with van der Waals surface area (Å²) >= 11 is 0. The topological polar surface area (TPSA) is 86.8 Å². The third kappa shape index (κ3) is 3.43. The second-order valence-electron chi connectivity index (χ2n) is 3.41. The van der Waals surface area contributed by atoms with Gasteiger partial charge in [0.05, 0.1) is 24.4 Å². The van der Waals surface area contributed by atoms with Gasteiger partial charge in [-0.3, -0.25) is 4.79 Å². The molecule has 0 atom stereocenters. The lowest BCUT2D eigenvalue weighted by molar-refractivity contribution is -0.136. The van der Waals surface area contributed by atoms with Crippen molar-refractivity contribution in [1.29, 1.82) is 0 Å². The minimum Gasteiger partial charge on any atom is -0.481 e. The highest BCUT2D eigenvalue weighted by atomic mass is 16.4. The number of aliphatic carboxylic acids is 1. The van der Waals surface area contributed by atoms with Crippen LogP contribution >= 0.6 is 0 Å². The largest absolute Gasteiger partial charge is 0.481 e. The summed E-state index contributed by atoms with van der Waals surface area (Å²) in [6.07, 6.45) is 0.0222. The smallest absolute Gasteiger partial charge is 0.305 e. The van der Waals surface area contributed by atoms with Crippen LogP contribution in [-0.2, 0) is 4.79 Å². The zero-order valence-corrected chi connectivity index (χ0v) is 8.97. The summed E-state index contributed by atoms with van der Waals surface area (Å²) in [5.74, 6) is -0.863. The van der Waals surface area contributed by atoms with Crippen LogP contribution in [0.3, 0.4) is 0 Å². The molecule has 0 aliphatic heterocycles. The summed E-state index contributed by atoms with van der Waals surface area (Å²) < 4.78 is 0. The fourth-order valence-electron chi connectivity index (χ4n) is 1.48. The molecule has 1 aromatic carbocycles. The van der Waals surface area contributed by atoms with E-state index in [-0.39, 0.29) is 13.0 Å². The Morgan fingerprint density at radius 1 is 1.31 bits per heavy atom. The second-order valence-corrected chi connectivity index (χ2v) is 3.41. The number of aliphatic hydroxyl groups excluding tert-OH is 1. The molecule has 0 unspecified atom stereocenters. The molecule has 0 aliphatic rings. The second kappa shape index (κ2) is 5.97. The van der Waals surface area contributed by atoms with Crippen molar-refractivity contribution >= 4 is 17.3 Å². The Morgan fingerprint density at radius 2 is 2.00 bits per heavy atom. The number of para-hydroxylation sites is 2. The number of benzene rings is 1. The van der Waals surface area contributed by atoms with Gasteiger partial charge < -0.3 is 20.8 Å². The van der Waals surface area contributed by atoms with Crippen molar-refractivity contribution in [3.63, 3.8) is 0 Å². The van der Waals surface area contributed by atoms with E-state index in [1.165, 1.54) is 0 Å². The van der Waals surface area contributed by atoms with Crippen LogP contribution in [0.1, 0.15) is 6.42 Å². The highest BCUT2D eigenvalue weighted by molar-refractivity contribution is 5.70. The maximum Gasteiger partial charge on any atom is 0.305 e. The van der Waals surface area contributed by atoms with Gasteiger partial charge in [-0.25, -0.2) is 0 Å². The van der Waals surface area contributed by atoms with Gasteiger partial charge in [-0.1, -0.05) is 12.1 Å². The number of nitrogens with zero attached hydrogens (tertiary/aromatic N) is 1. The molecule has 0 aliphatic carbocycles. The fraction of sp³-hybridized carbons (Fsp3) is 0.364. The maximum absolute atomic E-state index is 10.5. The van der Waals surface area contributed by atoms with Gasteiger partial charge in [0.1, 0.15) is 0 Å². The van der Waals surface area contributed by atoms with Crippen molar-refractivity contribution in [2.75, 3.05) is 30.3 Å². The maximum atomic E-state index is 10.5. The zero-order chi connectivity index (χ0) is 12.0. The zero-order valence-electron chi connectivity index (χ0n) is 8.97. The van der Waals surface area contributed by atoms with Gasteiger partial charge >= 0.3 is 5.97 Å². The van der Waals surface area contributed by atoms with E-state index in [0.717, 1.165) is 5.69 Å². The van der Waals surface area contributed by atoms with E-state index >= 15 is 0 Å². The van der Waals surface area contributed by atoms with Crippen molar-refractivity contribution in [2.45, 2.75) is 6.42 Å². The molecule has 88 valence electrons. The SMILES string of the molecule is Nc1ccccc1N(CCO)CCC(=O)O. The molecule has 0 fully saturated rings. The van der Waals surface area contributed by atoms with Gasteiger partial charge in [-0.2, -0.15) is 0 Å². The standard InChI is InChI=1S/C11H16N2O3/c12-9-3-1-2-4-10(9)13(7-8-14)6-5-11(15)16/h1-4,14H,5-8,12H2,(H,15,16). The first-order valence-electron chi connectivity index (χ1n) is 5.07. The molecule has 0 spiro atoms.